The van der Waals surface area contributed by atoms with Gasteiger partial charge < -0.3 is 10.7 Å². The number of rotatable bonds is 6. The van der Waals surface area contributed by atoms with Crippen LogP contribution in [0.2, 0.25) is 0 Å². The largest absolute Gasteiger partial charge is 0.364 e. The maximum Gasteiger partial charge on any atom is 0.197 e. The van der Waals surface area contributed by atoms with Gasteiger partial charge in [-0.05, 0) is 48.7 Å². The average Bonchev–Trinajstić information content (AvgIpc) is 2.78. The molecule has 3 heterocycles. The number of allylic oxidation sites excluding steroid dienone is 1. The third-order valence-electron chi connectivity index (χ3n) is 4.11. The maximum absolute atomic E-state index is 14.5. The minimum absolute atomic E-state index is 0.0237. The lowest BCUT2D eigenvalue weighted by molar-refractivity contribution is 0.596. The maximum atomic E-state index is 14.5. The Morgan fingerprint density at radius 2 is 2.03 bits per heavy atom. The smallest absolute Gasteiger partial charge is 0.197 e. The molecule has 3 aromatic rings. The van der Waals surface area contributed by atoms with Crippen molar-refractivity contribution in [2.45, 2.75) is 13.5 Å². The molecule has 0 bridgehead atoms. The van der Waals surface area contributed by atoms with Gasteiger partial charge in [-0.1, -0.05) is 5.92 Å². The summed E-state index contributed by atoms with van der Waals surface area (Å²) in [4.78, 5) is 12.1. The third kappa shape index (κ3) is 5.68. The zero-order chi connectivity index (χ0) is 22.2. The van der Waals surface area contributed by atoms with Gasteiger partial charge in [0.25, 0.3) is 0 Å². The molecule has 0 amide bonds. The van der Waals surface area contributed by atoms with Gasteiger partial charge in [-0.25, -0.2) is 10.2 Å². The van der Waals surface area contributed by atoms with Crippen LogP contribution in [-0.4, -0.2) is 20.7 Å². The van der Waals surface area contributed by atoms with Gasteiger partial charge in [0, 0.05) is 48.2 Å². The number of nitrogens with two attached hydrogens (primary N) is 1. The van der Waals surface area contributed by atoms with E-state index >= 15 is 0 Å². The van der Waals surface area contributed by atoms with Gasteiger partial charge in [0.15, 0.2) is 11.6 Å². The molecule has 0 saturated heterocycles. The number of halogens is 2. The zero-order valence-electron chi connectivity index (χ0n) is 16.6. The molecule has 5 N–H and O–H groups in total. The second kappa shape index (κ2) is 10.0. The van der Waals surface area contributed by atoms with Crippen molar-refractivity contribution < 1.29 is 8.78 Å². The number of pyridine rings is 3. The standard InChI is InChI=1S/C22H19F2N7/c1-14-9-17(6-8-28-14)21-18(23)10-16(12-29-21)13-30-22(31-26)20(24)19(25)5-4-15-3-2-7-27-11-15/h2-3,6-12,25,30-31H,13,26H2,1H3/b22-20+,25-19?. The number of nitrogens with one attached hydrogen (secondary N) is 3. The van der Waals surface area contributed by atoms with Crippen molar-refractivity contribution in [1.29, 1.82) is 5.41 Å². The predicted molar refractivity (Wildman–Crippen MR) is 113 cm³/mol. The summed E-state index contributed by atoms with van der Waals surface area (Å²) >= 11 is 0. The molecular formula is C22H19F2N7. The van der Waals surface area contributed by atoms with Crippen molar-refractivity contribution in [3.05, 3.63) is 89.4 Å². The summed E-state index contributed by atoms with van der Waals surface area (Å²) in [6.07, 6.45) is 6.14. The van der Waals surface area contributed by atoms with Gasteiger partial charge in [0.05, 0.1) is 0 Å². The number of hydrogen-bond donors (Lipinski definition) is 4. The first kappa shape index (κ1) is 21.5. The van der Waals surface area contributed by atoms with E-state index in [-0.39, 0.29) is 18.1 Å². The molecule has 156 valence electrons. The van der Waals surface area contributed by atoms with Crippen LogP contribution in [0.3, 0.4) is 0 Å². The first-order valence-corrected chi connectivity index (χ1v) is 9.16. The van der Waals surface area contributed by atoms with Gasteiger partial charge in [-0.2, -0.15) is 4.39 Å². The van der Waals surface area contributed by atoms with Crippen LogP contribution in [0.15, 0.2) is 66.8 Å². The van der Waals surface area contributed by atoms with Crippen LogP contribution in [0.25, 0.3) is 11.3 Å². The molecule has 3 rings (SSSR count). The highest BCUT2D eigenvalue weighted by molar-refractivity contribution is 6.09. The van der Waals surface area contributed by atoms with E-state index in [1.54, 1.807) is 43.6 Å². The highest BCUT2D eigenvalue weighted by atomic mass is 19.1. The Balaban J connectivity index is 1.71. The minimum Gasteiger partial charge on any atom is -0.364 e. The van der Waals surface area contributed by atoms with Gasteiger partial charge in [-0.15, -0.1) is 0 Å². The molecule has 0 unspecified atom stereocenters. The summed E-state index contributed by atoms with van der Waals surface area (Å²) < 4.78 is 29.0. The average molecular weight is 419 g/mol. The Bertz CT molecular complexity index is 1180. The summed E-state index contributed by atoms with van der Waals surface area (Å²) in [5, 5.41) is 10.5. The molecule has 0 spiro atoms. The molecular weight excluding hydrogens is 400 g/mol. The first-order chi connectivity index (χ1) is 15.0. The van der Waals surface area contributed by atoms with Crippen LogP contribution in [0.5, 0.6) is 0 Å². The van der Waals surface area contributed by atoms with Gasteiger partial charge in [0.1, 0.15) is 17.2 Å². The van der Waals surface area contributed by atoms with Crippen LogP contribution in [0.1, 0.15) is 16.8 Å². The van der Waals surface area contributed by atoms with E-state index in [9.17, 15) is 8.78 Å². The summed E-state index contributed by atoms with van der Waals surface area (Å²) in [7, 11) is 0. The predicted octanol–water partition coefficient (Wildman–Crippen LogP) is 2.75. The van der Waals surface area contributed by atoms with Crippen molar-refractivity contribution >= 4 is 5.71 Å². The number of nitrogens with zero attached hydrogens (tertiary/aromatic N) is 3. The van der Waals surface area contributed by atoms with E-state index in [1.165, 1.54) is 18.5 Å². The highest BCUT2D eigenvalue weighted by Gasteiger charge is 2.12. The Hall–Kier alpha value is -4.16. The number of hydrogen-bond acceptors (Lipinski definition) is 7. The van der Waals surface area contributed by atoms with Crippen molar-refractivity contribution in [3.8, 4) is 23.1 Å². The fraction of sp³-hybridized carbons (Fsp3) is 0.0909. The van der Waals surface area contributed by atoms with Crippen molar-refractivity contribution in [2.24, 2.45) is 5.84 Å². The van der Waals surface area contributed by atoms with E-state index in [0.717, 1.165) is 5.69 Å². The molecule has 0 fully saturated rings. The van der Waals surface area contributed by atoms with Crippen molar-refractivity contribution in [2.75, 3.05) is 0 Å². The van der Waals surface area contributed by atoms with Gasteiger partial charge >= 0.3 is 0 Å². The molecule has 7 nitrogen and oxygen atoms in total. The van der Waals surface area contributed by atoms with Crippen molar-refractivity contribution in [1.82, 2.24) is 25.7 Å². The molecule has 0 atom stereocenters. The molecule has 0 radical (unpaired) electrons. The van der Waals surface area contributed by atoms with E-state index < -0.39 is 17.4 Å². The lowest BCUT2D eigenvalue weighted by Gasteiger charge is -2.12. The number of aryl methyl sites for hydroxylation is 1. The Labute approximate surface area is 177 Å². The molecule has 3 aromatic heterocycles. The molecule has 31 heavy (non-hydrogen) atoms. The quantitative estimate of drug-likeness (QED) is 0.212. The minimum atomic E-state index is -0.976. The summed E-state index contributed by atoms with van der Waals surface area (Å²) in [5.74, 6) is 8.66. The fourth-order valence-corrected chi connectivity index (χ4v) is 2.61. The number of hydrazine groups is 1. The van der Waals surface area contributed by atoms with Crippen LogP contribution in [0, 0.1) is 30.0 Å². The fourth-order valence-electron chi connectivity index (χ4n) is 2.61. The normalized spacial score (nSPS) is 11.1. The van der Waals surface area contributed by atoms with Crippen LogP contribution in [-0.2, 0) is 6.54 Å². The Morgan fingerprint density at radius 3 is 2.71 bits per heavy atom. The van der Waals surface area contributed by atoms with Crippen LogP contribution < -0.4 is 16.6 Å². The third-order valence-corrected chi connectivity index (χ3v) is 4.11. The van der Waals surface area contributed by atoms with E-state index in [2.05, 4.69) is 37.5 Å². The van der Waals surface area contributed by atoms with E-state index in [4.69, 9.17) is 11.3 Å². The topological polar surface area (TPSA) is 113 Å². The second-order valence-electron chi connectivity index (χ2n) is 6.41. The summed E-state index contributed by atoms with van der Waals surface area (Å²) in [6, 6.07) is 8.07. The highest BCUT2D eigenvalue weighted by Crippen LogP contribution is 2.21. The molecule has 0 aromatic carbocycles. The van der Waals surface area contributed by atoms with E-state index in [0.29, 0.717) is 16.7 Å². The molecule has 0 saturated carbocycles. The molecule has 0 aliphatic heterocycles. The second-order valence-corrected chi connectivity index (χ2v) is 6.41. The zero-order valence-corrected chi connectivity index (χ0v) is 16.6. The monoisotopic (exact) mass is 419 g/mol. The van der Waals surface area contributed by atoms with Gasteiger partial charge in [0.2, 0.25) is 0 Å². The van der Waals surface area contributed by atoms with Crippen molar-refractivity contribution in [3.63, 3.8) is 0 Å². The van der Waals surface area contributed by atoms with E-state index in [1.807, 2.05) is 0 Å². The van der Waals surface area contributed by atoms with Gasteiger partial charge in [-0.3, -0.25) is 20.4 Å². The van der Waals surface area contributed by atoms with Crippen LogP contribution in [0.4, 0.5) is 8.78 Å². The Morgan fingerprint density at radius 1 is 1.19 bits per heavy atom. The lowest BCUT2D eigenvalue weighted by atomic mass is 10.1. The molecule has 0 aliphatic rings. The molecule has 0 aliphatic carbocycles. The SMILES string of the molecule is Cc1cc(-c2ncc(CN/C(NN)=C(\F)C(=N)C#Cc3cccnc3)cc2F)ccn1. The number of aromatic nitrogens is 3. The lowest BCUT2D eigenvalue weighted by Crippen LogP contribution is -2.33. The Kier molecular flexibility index (Phi) is 6.98. The summed E-state index contributed by atoms with van der Waals surface area (Å²) in [6.45, 7) is 1.83. The summed E-state index contributed by atoms with van der Waals surface area (Å²) in [5.41, 5.74) is 4.14. The first-order valence-electron chi connectivity index (χ1n) is 9.16. The molecule has 9 heteroatoms. The van der Waals surface area contributed by atoms with Crippen LogP contribution >= 0.6 is 0 Å².